The smallest absolute Gasteiger partial charge is 0.339 e. The predicted octanol–water partition coefficient (Wildman–Crippen LogP) is -2.07. The van der Waals surface area contributed by atoms with E-state index < -0.39 is 11.6 Å². The van der Waals surface area contributed by atoms with Crippen molar-refractivity contribution in [2.45, 2.75) is 18.5 Å². The van der Waals surface area contributed by atoms with Gasteiger partial charge < -0.3 is 16.6 Å². The molecule has 0 bridgehead atoms. The van der Waals surface area contributed by atoms with Crippen molar-refractivity contribution in [2.75, 3.05) is 6.54 Å². The SMILES string of the molecule is NCCC[C@](N)(NN)C(=O)O. The first-order valence-corrected chi connectivity index (χ1v) is 3.27. The summed E-state index contributed by atoms with van der Waals surface area (Å²) in [4.78, 5) is 10.4. The van der Waals surface area contributed by atoms with Crippen LogP contribution in [0.1, 0.15) is 12.8 Å². The van der Waals surface area contributed by atoms with Gasteiger partial charge in [0.25, 0.3) is 0 Å². The van der Waals surface area contributed by atoms with Crippen molar-refractivity contribution in [3.05, 3.63) is 0 Å². The monoisotopic (exact) mass is 162 g/mol. The Kier molecular flexibility index (Phi) is 3.98. The number of hydrogen-bond acceptors (Lipinski definition) is 5. The molecule has 0 radical (unpaired) electrons. The Morgan fingerprint density at radius 1 is 1.64 bits per heavy atom. The summed E-state index contributed by atoms with van der Waals surface area (Å²) in [6.45, 7) is 0.397. The van der Waals surface area contributed by atoms with E-state index in [-0.39, 0.29) is 6.42 Å². The van der Waals surface area contributed by atoms with Crippen LogP contribution < -0.4 is 22.7 Å². The second kappa shape index (κ2) is 4.24. The van der Waals surface area contributed by atoms with Gasteiger partial charge in [0.2, 0.25) is 0 Å². The molecule has 0 saturated carbocycles. The quantitative estimate of drug-likeness (QED) is 0.179. The van der Waals surface area contributed by atoms with Gasteiger partial charge in [-0.3, -0.25) is 5.84 Å². The largest absolute Gasteiger partial charge is 0.479 e. The van der Waals surface area contributed by atoms with Crippen LogP contribution in [0.5, 0.6) is 0 Å². The van der Waals surface area contributed by atoms with Crippen molar-refractivity contribution in [3.8, 4) is 0 Å². The van der Waals surface area contributed by atoms with Gasteiger partial charge in [0.05, 0.1) is 0 Å². The maximum Gasteiger partial charge on any atom is 0.339 e. The van der Waals surface area contributed by atoms with Crippen LogP contribution in [0.15, 0.2) is 0 Å². The van der Waals surface area contributed by atoms with E-state index in [1.54, 1.807) is 0 Å². The number of nitrogens with two attached hydrogens (primary N) is 3. The van der Waals surface area contributed by atoms with Gasteiger partial charge in [-0.2, -0.15) is 0 Å². The first kappa shape index (κ1) is 10.3. The molecular formula is C5H14N4O2. The average Bonchev–Trinajstić information content (AvgIpc) is 2.00. The lowest BCUT2D eigenvalue weighted by atomic mass is 10.1. The summed E-state index contributed by atoms with van der Waals surface area (Å²) in [7, 11) is 0. The van der Waals surface area contributed by atoms with E-state index in [1.165, 1.54) is 0 Å². The second-order valence-electron chi connectivity index (χ2n) is 2.31. The molecule has 0 aromatic carbocycles. The third-order valence-corrected chi connectivity index (χ3v) is 1.41. The van der Waals surface area contributed by atoms with Gasteiger partial charge in [-0.1, -0.05) is 0 Å². The van der Waals surface area contributed by atoms with Crippen LogP contribution in [0.25, 0.3) is 0 Å². The van der Waals surface area contributed by atoms with Gasteiger partial charge in [-0.25, -0.2) is 10.2 Å². The van der Waals surface area contributed by atoms with Crippen LogP contribution in [0.2, 0.25) is 0 Å². The molecule has 6 nitrogen and oxygen atoms in total. The zero-order valence-corrected chi connectivity index (χ0v) is 6.21. The Bertz CT molecular complexity index is 140. The number of hydrogen-bond donors (Lipinski definition) is 5. The molecule has 0 rings (SSSR count). The van der Waals surface area contributed by atoms with Crippen molar-refractivity contribution in [1.82, 2.24) is 5.43 Å². The molecule has 0 saturated heterocycles. The third-order valence-electron chi connectivity index (χ3n) is 1.41. The fourth-order valence-corrected chi connectivity index (χ4v) is 0.622. The van der Waals surface area contributed by atoms with Crippen molar-refractivity contribution in [3.63, 3.8) is 0 Å². The molecule has 11 heavy (non-hydrogen) atoms. The Balaban J connectivity index is 3.99. The van der Waals surface area contributed by atoms with Gasteiger partial charge in [0.1, 0.15) is 0 Å². The van der Waals surface area contributed by atoms with Crippen LogP contribution in [0, 0.1) is 0 Å². The third kappa shape index (κ3) is 2.81. The molecule has 0 spiro atoms. The van der Waals surface area contributed by atoms with Crippen molar-refractivity contribution >= 4 is 5.97 Å². The van der Waals surface area contributed by atoms with Crippen LogP contribution in [-0.2, 0) is 4.79 Å². The first-order valence-electron chi connectivity index (χ1n) is 3.27. The lowest BCUT2D eigenvalue weighted by molar-refractivity contribution is -0.145. The number of hydrazine groups is 1. The minimum absolute atomic E-state index is 0.218. The molecule has 0 unspecified atom stereocenters. The fraction of sp³-hybridized carbons (Fsp3) is 0.800. The zero-order chi connectivity index (χ0) is 8.91. The van der Waals surface area contributed by atoms with E-state index in [2.05, 4.69) is 0 Å². The van der Waals surface area contributed by atoms with E-state index >= 15 is 0 Å². The molecule has 66 valence electrons. The summed E-state index contributed by atoms with van der Waals surface area (Å²) in [5.41, 5.74) is 11.0. The highest BCUT2D eigenvalue weighted by Crippen LogP contribution is 2.03. The maximum atomic E-state index is 10.4. The van der Waals surface area contributed by atoms with Crippen molar-refractivity contribution in [1.29, 1.82) is 0 Å². The van der Waals surface area contributed by atoms with Gasteiger partial charge in [-0.05, 0) is 19.4 Å². The normalized spacial score (nSPS) is 15.9. The highest BCUT2D eigenvalue weighted by Gasteiger charge is 2.31. The molecule has 1 atom stereocenters. The summed E-state index contributed by atoms with van der Waals surface area (Å²) in [6, 6.07) is 0. The lowest BCUT2D eigenvalue weighted by Crippen LogP contribution is -2.62. The van der Waals surface area contributed by atoms with E-state index in [1.807, 2.05) is 5.43 Å². The minimum Gasteiger partial charge on any atom is -0.479 e. The summed E-state index contributed by atoms with van der Waals surface area (Å²) in [5.74, 6) is 3.78. The minimum atomic E-state index is -1.54. The molecule has 8 N–H and O–H groups in total. The Morgan fingerprint density at radius 2 is 2.18 bits per heavy atom. The predicted molar refractivity (Wildman–Crippen MR) is 40.2 cm³/mol. The van der Waals surface area contributed by atoms with Crippen LogP contribution in [0.4, 0.5) is 0 Å². The summed E-state index contributed by atoms with van der Waals surface area (Å²) < 4.78 is 0. The van der Waals surface area contributed by atoms with Crippen LogP contribution in [-0.4, -0.2) is 23.3 Å². The Labute approximate surface area is 64.7 Å². The van der Waals surface area contributed by atoms with E-state index in [0.717, 1.165) is 0 Å². The molecule has 0 heterocycles. The standard InChI is InChI=1S/C5H14N4O2/c6-3-1-2-5(7,9-8)4(10)11/h9H,1-3,6-8H2,(H,10,11)/t5-/m0/s1. The average molecular weight is 162 g/mol. The Morgan fingerprint density at radius 3 is 2.45 bits per heavy atom. The number of nitrogens with one attached hydrogen (secondary N) is 1. The number of carboxylic acids is 1. The molecule has 0 aromatic rings. The first-order chi connectivity index (χ1) is 5.06. The van der Waals surface area contributed by atoms with Gasteiger partial charge >= 0.3 is 5.97 Å². The molecule has 0 aromatic heterocycles. The van der Waals surface area contributed by atoms with Gasteiger partial charge in [-0.15, -0.1) is 0 Å². The molecule has 0 amide bonds. The molecule has 0 aliphatic rings. The topological polar surface area (TPSA) is 127 Å². The molecule has 0 aliphatic heterocycles. The highest BCUT2D eigenvalue weighted by molar-refractivity contribution is 5.77. The highest BCUT2D eigenvalue weighted by atomic mass is 16.4. The molecular weight excluding hydrogens is 148 g/mol. The van der Waals surface area contributed by atoms with Crippen LogP contribution in [0.3, 0.4) is 0 Å². The number of aliphatic carboxylic acids is 1. The lowest BCUT2D eigenvalue weighted by Gasteiger charge is -2.22. The summed E-state index contributed by atoms with van der Waals surface area (Å²) in [6.07, 6.45) is 0.738. The van der Waals surface area contributed by atoms with E-state index in [4.69, 9.17) is 22.4 Å². The van der Waals surface area contributed by atoms with E-state index in [0.29, 0.717) is 13.0 Å². The molecule has 6 heteroatoms. The van der Waals surface area contributed by atoms with Crippen molar-refractivity contribution in [2.24, 2.45) is 17.3 Å². The maximum absolute atomic E-state index is 10.4. The number of rotatable bonds is 5. The molecule has 0 aliphatic carbocycles. The van der Waals surface area contributed by atoms with E-state index in [9.17, 15) is 4.79 Å². The van der Waals surface area contributed by atoms with Gasteiger partial charge in [0, 0.05) is 0 Å². The number of carboxylic acid groups (broad SMARTS) is 1. The fourth-order valence-electron chi connectivity index (χ4n) is 0.622. The van der Waals surface area contributed by atoms with Crippen LogP contribution >= 0.6 is 0 Å². The second-order valence-corrected chi connectivity index (χ2v) is 2.31. The number of carbonyl (C=O) groups is 1. The van der Waals surface area contributed by atoms with Crippen molar-refractivity contribution < 1.29 is 9.90 Å². The summed E-state index contributed by atoms with van der Waals surface area (Å²) in [5, 5.41) is 8.55. The summed E-state index contributed by atoms with van der Waals surface area (Å²) >= 11 is 0. The zero-order valence-electron chi connectivity index (χ0n) is 6.21. The molecule has 0 fully saturated rings. The Hall–Kier alpha value is -0.690. The van der Waals surface area contributed by atoms with Gasteiger partial charge in [0.15, 0.2) is 5.66 Å².